The SMILES string of the molecule is COc1cc(OC)cc(C(=O)Nc2nnc(C3CC(=O)N(c4ccccc4C)C3)s2)c1. The summed E-state index contributed by atoms with van der Waals surface area (Å²) in [5, 5.41) is 12.2. The van der Waals surface area contributed by atoms with Crippen molar-refractivity contribution in [2.24, 2.45) is 0 Å². The van der Waals surface area contributed by atoms with E-state index in [1.165, 1.54) is 25.6 Å². The minimum Gasteiger partial charge on any atom is -0.497 e. The smallest absolute Gasteiger partial charge is 0.257 e. The number of anilines is 2. The largest absolute Gasteiger partial charge is 0.497 e. The van der Waals surface area contributed by atoms with Crippen LogP contribution in [-0.4, -0.2) is 42.8 Å². The molecule has 2 aromatic carbocycles. The van der Waals surface area contributed by atoms with Gasteiger partial charge in [0.25, 0.3) is 5.91 Å². The van der Waals surface area contributed by atoms with Gasteiger partial charge >= 0.3 is 0 Å². The van der Waals surface area contributed by atoms with E-state index in [1.807, 2.05) is 31.2 Å². The molecule has 0 radical (unpaired) electrons. The van der Waals surface area contributed by atoms with E-state index in [2.05, 4.69) is 15.5 Å². The van der Waals surface area contributed by atoms with E-state index in [9.17, 15) is 9.59 Å². The molecule has 1 fully saturated rings. The predicted octanol–water partition coefficient (Wildman–Crippen LogP) is 3.64. The highest BCUT2D eigenvalue weighted by atomic mass is 32.1. The minimum absolute atomic E-state index is 0.0589. The summed E-state index contributed by atoms with van der Waals surface area (Å²) in [5.41, 5.74) is 2.35. The molecular weight excluding hydrogens is 416 g/mol. The second kappa shape index (κ2) is 8.73. The third kappa shape index (κ3) is 4.36. The van der Waals surface area contributed by atoms with Crippen LogP contribution in [0.25, 0.3) is 0 Å². The third-order valence-corrected chi connectivity index (χ3v) is 6.16. The van der Waals surface area contributed by atoms with Gasteiger partial charge in [0.05, 0.1) is 14.2 Å². The number of methoxy groups -OCH3 is 2. The number of carbonyl (C=O) groups excluding carboxylic acids is 2. The zero-order chi connectivity index (χ0) is 22.0. The molecule has 2 amide bonds. The first kappa shape index (κ1) is 20.8. The Morgan fingerprint density at radius 1 is 1.13 bits per heavy atom. The number of ether oxygens (including phenoxy) is 2. The second-order valence-electron chi connectivity index (χ2n) is 7.19. The molecule has 9 heteroatoms. The molecule has 1 unspecified atom stereocenters. The molecular formula is C22H22N4O4S. The molecule has 1 atom stereocenters. The molecule has 0 spiro atoms. The average molecular weight is 439 g/mol. The van der Waals surface area contributed by atoms with Gasteiger partial charge in [-0.05, 0) is 30.7 Å². The summed E-state index contributed by atoms with van der Waals surface area (Å²) in [4.78, 5) is 27.0. The van der Waals surface area contributed by atoms with E-state index < -0.39 is 0 Å². The number of benzene rings is 2. The number of nitrogens with zero attached hydrogens (tertiary/aromatic N) is 3. The van der Waals surface area contributed by atoms with Gasteiger partial charge in [-0.1, -0.05) is 29.5 Å². The number of hydrogen-bond acceptors (Lipinski definition) is 7. The molecule has 4 rings (SSSR count). The molecule has 0 aliphatic carbocycles. The molecule has 0 bridgehead atoms. The highest BCUT2D eigenvalue weighted by molar-refractivity contribution is 7.15. The lowest BCUT2D eigenvalue weighted by Crippen LogP contribution is -2.25. The van der Waals surface area contributed by atoms with Crippen LogP contribution < -0.4 is 19.7 Å². The lowest BCUT2D eigenvalue weighted by atomic mass is 10.1. The van der Waals surface area contributed by atoms with Crippen molar-refractivity contribution in [3.8, 4) is 11.5 Å². The Labute approximate surface area is 183 Å². The molecule has 1 saturated heterocycles. The van der Waals surface area contributed by atoms with Crippen molar-refractivity contribution >= 4 is 34.0 Å². The van der Waals surface area contributed by atoms with Gasteiger partial charge in [-0.2, -0.15) is 0 Å². The third-order valence-electron chi connectivity index (χ3n) is 5.16. The van der Waals surface area contributed by atoms with Gasteiger partial charge in [-0.3, -0.25) is 14.9 Å². The number of aromatic nitrogens is 2. The number of nitrogens with one attached hydrogen (secondary N) is 1. The highest BCUT2D eigenvalue weighted by Crippen LogP contribution is 2.35. The van der Waals surface area contributed by atoms with E-state index in [-0.39, 0.29) is 17.7 Å². The van der Waals surface area contributed by atoms with Gasteiger partial charge in [-0.25, -0.2) is 0 Å². The van der Waals surface area contributed by atoms with Crippen LogP contribution in [0.1, 0.15) is 33.3 Å². The Hall–Kier alpha value is -3.46. The molecule has 31 heavy (non-hydrogen) atoms. The van der Waals surface area contributed by atoms with E-state index in [0.717, 1.165) is 16.3 Å². The minimum atomic E-state index is -0.344. The summed E-state index contributed by atoms with van der Waals surface area (Å²) in [5.74, 6) is 0.686. The maximum atomic E-state index is 12.7. The Morgan fingerprint density at radius 2 is 1.84 bits per heavy atom. The Bertz CT molecular complexity index is 1110. The number of amides is 2. The van der Waals surface area contributed by atoms with E-state index in [0.29, 0.717) is 35.2 Å². The maximum absolute atomic E-state index is 12.7. The summed E-state index contributed by atoms with van der Waals surface area (Å²) in [6.07, 6.45) is 0.365. The van der Waals surface area contributed by atoms with Crippen molar-refractivity contribution in [3.05, 3.63) is 58.6 Å². The molecule has 1 N–H and O–H groups in total. The summed E-state index contributed by atoms with van der Waals surface area (Å²) in [6, 6.07) is 12.7. The molecule has 2 heterocycles. The molecule has 160 valence electrons. The topological polar surface area (TPSA) is 93.6 Å². The summed E-state index contributed by atoms with van der Waals surface area (Å²) in [6.45, 7) is 2.53. The second-order valence-corrected chi connectivity index (χ2v) is 8.20. The normalized spacial score (nSPS) is 15.8. The van der Waals surface area contributed by atoms with Crippen LogP contribution in [-0.2, 0) is 4.79 Å². The van der Waals surface area contributed by atoms with Gasteiger partial charge in [0.1, 0.15) is 16.5 Å². The quantitative estimate of drug-likeness (QED) is 0.632. The monoisotopic (exact) mass is 438 g/mol. The van der Waals surface area contributed by atoms with Crippen molar-refractivity contribution in [2.45, 2.75) is 19.3 Å². The average Bonchev–Trinajstić information content (AvgIpc) is 3.40. The zero-order valence-corrected chi connectivity index (χ0v) is 18.2. The van der Waals surface area contributed by atoms with Crippen molar-refractivity contribution in [1.82, 2.24) is 10.2 Å². The predicted molar refractivity (Wildman–Crippen MR) is 118 cm³/mol. The van der Waals surface area contributed by atoms with E-state index in [1.54, 1.807) is 23.1 Å². The Kier molecular flexibility index (Phi) is 5.85. The fourth-order valence-corrected chi connectivity index (χ4v) is 4.36. The Morgan fingerprint density at radius 3 is 2.52 bits per heavy atom. The molecule has 3 aromatic rings. The van der Waals surface area contributed by atoms with Crippen molar-refractivity contribution in [3.63, 3.8) is 0 Å². The molecule has 1 aliphatic heterocycles. The lowest BCUT2D eigenvalue weighted by molar-refractivity contribution is -0.117. The van der Waals surface area contributed by atoms with Crippen LogP contribution >= 0.6 is 11.3 Å². The van der Waals surface area contributed by atoms with Gasteiger partial charge in [0.15, 0.2) is 0 Å². The molecule has 1 aromatic heterocycles. The van der Waals surface area contributed by atoms with Crippen molar-refractivity contribution in [2.75, 3.05) is 31.0 Å². The number of hydrogen-bond donors (Lipinski definition) is 1. The van der Waals surface area contributed by atoms with E-state index in [4.69, 9.17) is 9.47 Å². The highest BCUT2D eigenvalue weighted by Gasteiger charge is 2.34. The molecule has 1 aliphatic rings. The first-order valence-electron chi connectivity index (χ1n) is 9.72. The first-order valence-corrected chi connectivity index (χ1v) is 10.5. The van der Waals surface area contributed by atoms with Crippen molar-refractivity contribution in [1.29, 1.82) is 0 Å². The standard InChI is InChI=1S/C22H22N4O4S/c1-13-6-4-5-7-18(13)26-12-15(10-19(26)27)21-24-25-22(31-21)23-20(28)14-8-16(29-2)11-17(9-14)30-3/h4-9,11,15H,10,12H2,1-3H3,(H,23,25,28). The van der Waals surface area contributed by atoms with Gasteiger partial charge in [0.2, 0.25) is 11.0 Å². The van der Waals surface area contributed by atoms with Gasteiger partial charge in [0, 0.05) is 36.2 Å². The molecule has 8 nitrogen and oxygen atoms in total. The number of aryl methyl sites for hydroxylation is 1. The van der Waals surface area contributed by atoms with Gasteiger partial charge in [-0.15, -0.1) is 10.2 Å². The summed E-state index contributed by atoms with van der Waals surface area (Å²) < 4.78 is 10.4. The number of rotatable bonds is 6. The molecule has 0 saturated carbocycles. The van der Waals surface area contributed by atoms with Crippen LogP contribution in [0, 0.1) is 6.92 Å². The Balaban J connectivity index is 1.47. The zero-order valence-electron chi connectivity index (χ0n) is 17.4. The number of carbonyl (C=O) groups is 2. The number of para-hydroxylation sites is 1. The summed E-state index contributed by atoms with van der Waals surface area (Å²) >= 11 is 1.28. The summed E-state index contributed by atoms with van der Waals surface area (Å²) in [7, 11) is 3.05. The van der Waals surface area contributed by atoms with Crippen LogP contribution in [0.3, 0.4) is 0 Å². The van der Waals surface area contributed by atoms with Crippen LogP contribution in [0.4, 0.5) is 10.8 Å². The maximum Gasteiger partial charge on any atom is 0.257 e. The van der Waals surface area contributed by atoms with E-state index >= 15 is 0 Å². The fourth-order valence-electron chi connectivity index (χ4n) is 3.53. The van der Waals surface area contributed by atoms with Gasteiger partial charge < -0.3 is 14.4 Å². The van der Waals surface area contributed by atoms with Crippen molar-refractivity contribution < 1.29 is 19.1 Å². The fraction of sp³-hybridized carbons (Fsp3) is 0.273. The van der Waals surface area contributed by atoms with Crippen LogP contribution in [0.2, 0.25) is 0 Å². The van der Waals surface area contributed by atoms with Crippen LogP contribution in [0.5, 0.6) is 11.5 Å². The first-order chi connectivity index (χ1) is 15.0. The van der Waals surface area contributed by atoms with Crippen LogP contribution in [0.15, 0.2) is 42.5 Å². The lowest BCUT2D eigenvalue weighted by Gasteiger charge is -2.18.